The summed E-state index contributed by atoms with van der Waals surface area (Å²) in [5, 5.41) is 2.98. The Bertz CT molecular complexity index is 581. The van der Waals surface area contributed by atoms with E-state index in [2.05, 4.69) is 26.2 Å². The predicted octanol–water partition coefficient (Wildman–Crippen LogP) is 3.16. The van der Waals surface area contributed by atoms with Crippen molar-refractivity contribution in [3.05, 3.63) is 58.3 Å². The maximum absolute atomic E-state index is 12.2. The van der Waals surface area contributed by atoms with Gasteiger partial charge in [-0.15, -0.1) is 0 Å². The van der Waals surface area contributed by atoms with Gasteiger partial charge >= 0.3 is 0 Å². The number of anilines is 1. The maximum atomic E-state index is 12.2. The zero-order chi connectivity index (χ0) is 14.5. The van der Waals surface area contributed by atoms with E-state index < -0.39 is 0 Å². The van der Waals surface area contributed by atoms with Crippen LogP contribution in [0.1, 0.15) is 16.1 Å². The first kappa shape index (κ1) is 14.5. The van der Waals surface area contributed by atoms with E-state index in [0.717, 1.165) is 15.7 Å². The first-order valence-electron chi connectivity index (χ1n) is 6.24. The second-order valence-electron chi connectivity index (χ2n) is 4.47. The fraction of sp³-hybridized carbons (Fsp3) is 0.200. The first-order valence-corrected chi connectivity index (χ1v) is 7.03. The molecule has 1 amide bonds. The van der Waals surface area contributed by atoms with Crippen LogP contribution < -0.4 is 5.32 Å². The Hall–Kier alpha value is -1.88. The second-order valence-corrected chi connectivity index (χ2v) is 5.39. The summed E-state index contributed by atoms with van der Waals surface area (Å²) < 4.78 is 1.03. The van der Waals surface area contributed by atoms with E-state index >= 15 is 0 Å². The van der Waals surface area contributed by atoms with Gasteiger partial charge in [0.2, 0.25) is 0 Å². The Morgan fingerprint density at radius 1 is 1.25 bits per heavy atom. The molecule has 1 heterocycles. The molecule has 2 rings (SSSR count). The standard InChI is InChI=1S/C15H16BrN3O/c1-17-13-7-8-14(18-9-13)15(20)19(2)10-11-3-5-12(16)6-4-11/h3-9,17H,10H2,1-2H3. The van der Waals surface area contributed by atoms with Crippen molar-refractivity contribution < 1.29 is 4.79 Å². The summed E-state index contributed by atoms with van der Waals surface area (Å²) in [5.41, 5.74) is 2.41. The monoisotopic (exact) mass is 333 g/mol. The Morgan fingerprint density at radius 3 is 2.50 bits per heavy atom. The van der Waals surface area contributed by atoms with Gasteiger partial charge < -0.3 is 10.2 Å². The first-order chi connectivity index (χ1) is 9.60. The minimum Gasteiger partial charge on any atom is -0.387 e. The molecule has 104 valence electrons. The fourth-order valence-corrected chi connectivity index (χ4v) is 2.06. The highest BCUT2D eigenvalue weighted by Gasteiger charge is 2.13. The largest absolute Gasteiger partial charge is 0.387 e. The van der Waals surface area contributed by atoms with Gasteiger partial charge in [-0.25, -0.2) is 4.98 Å². The van der Waals surface area contributed by atoms with Crippen molar-refractivity contribution in [1.82, 2.24) is 9.88 Å². The van der Waals surface area contributed by atoms with Crippen LogP contribution in [0.25, 0.3) is 0 Å². The molecule has 1 aromatic carbocycles. The molecule has 5 heteroatoms. The van der Waals surface area contributed by atoms with Crippen LogP contribution in [-0.4, -0.2) is 29.9 Å². The van der Waals surface area contributed by atoms with E-state index in [-0.39, 0.29) is 5.91 Å². The van der Waals surface area contributed by atoms with Crippen LogP contribution in [0.4, 0.5) is 5.69 Å². The van der Waals surface area contributed by atoms with Crippen LogP contribution in [-0.2, 0) is 6.54 Å². The zero-order valence-corrected chi connectivity index (χ0v) is 13.0. The number of amides is 1. The molecular formula is C15H16BrN3O. The summed E-state index contributed by atoms with van der Waals surface area (Å²) in [7, 11) is 3.59. The summed E-state index contributed by atoms with van der Waals surface area (Å²) in [6.45, 7) is 0.557. The van der Waals surface area contributed by atoms with Gasteiger partial charge in [0.1, 0.15) is 5.69 Å². The van der Waals surface area contributed by atoms with Gasteiger partial charge in [-0.2, -0.15) is 0 Å². The van der Waals surface area contributed by atoms with Gasteiger partial charge in [-0.05, 0) is 29.8 Å². The molecule has 0 aliphatic rings. The molecular weight excluding hydrogens is 318 g/mol. The van der Waals surface area contributed by atoms with Gasteiger partial charge in [0.05, 0.1) is 11.9 Å². The lowest BCUT2D eigenvalue weighted by Gasteiger charge is -2.17. The number of benzene rings is 1. The summed E-state index contributed by atoms with van der Waals surface area (Å²) in [6.07, 6.45) is 1.65. The van der Waals surface area contributed by atoms with Gasteiger partial charge in [0.25, 0.3) is 5.91 Å². The molecule has 4 nitrogen and oxygen atoms in total. The third-order valence-electron chi connectivity index (χ3n) is 2.95. The van der Waals surface area contributed by atoms with Crippen molar-refractivity contribution >= 4 is 27.5 Å². The number of halogens is 1. The second kappa shape index (κ2) is 6.52. The Morgan fingerprint density at radius 2 is 1.95 bits per heavy atom. The molecule has 0 aliphatic carbocycles. The van der Waals surface area contributed by atoms with Crippen molar-refractivity contribution in [2.45, 2.75) is 6.54 Å². The molecule has 0 radical (unpaired) electrons. The number of carbonyl (C=O) groups excluding carboxylic acids is 1. The highest BCUT2D eigenvalue weighted by atomic mass is 79.9. The molecule has 2 aromatic rings. The topological polar surface area (TPSA) is 45.2 Å². The molecule has 0 aliphatic heterocycles. The highest BCUT2D eigenvalue weighted by molar-refractivity contribution is 9.10. The van der Waals surface area contributed by atoms with Crippen LogP contribution in [0, 0.1) is 0 Å². The molecule has 0 spiro atoms. The van der Waals surface area contributed by atoms with E-state index in [1.165, 1.54) is 0 Å². The molecule has 0 unspecified atom stereocenters. The van der Waals surface area contributed by atoms with Crippen LogP contribution in [0.2, 0.25) is 0 Å². The van der Waals surface area contributed by atoms with E-state index in [1.807, 2.05) is 37.4 Å². The normalized spacial score (nSPS) is 10.2. The van der Waals surface area contributed by atoms with Crippen molar-refractivity contribution in [1.29, 1.82) is 0 Å². The lowest BCUT2D eigenvalue weighted by molar-refractivity contribution is 0.0779. The Kier molecular flexibility index (Phi) is 4.74. The summed E-state index contributed by atoms with van der Waals surface area (Å²) in [6, 6.07) is 11.5. The Labute approximate surface area is 127 Å². The summed E-state index contributed by atoms with van der Waals surface area (Å²) in [5.74, 6) is -0.0874. The minimum absolute atomic E-state index is 0.0874. The quantitative estimate of drug-likeness (QED) is 0.934. The van der Waals surface area contributed by atoms with E-state index in [1.54, 1.807) is 24.2 Å². The molecule has 1 aromatic heterocycles. The molecule has 0 fully saturated rings. The van der Waals surface area contributed by atoms with Gasteiger partial charge in [-0.3, -0.25) is 4.79 Å². The SMILES string of the molecule is CNc1ccc(C(=O)N(C)Cc2ccc(Br)cc2)nc1. The van der Waals surface area contributed by atoms with Crippen LogP contribution in [0.15, 0.2) is 47.1 Å². The van der Waals surface area contributed by atoms with E-state index in [9.17, 15) is 4.79 Å². The summed E-state index contributed by atoms with van der Waals surface area (Å²) >= 11 is 3.39. The van der Waals surface area contributed by atoms with Crippen molar-refractivity contribution in [3.8, 4) is 0 Å². The lowest BCUT2D eigenvalue weighted by atomic mass is 10.2. The van der Waals surface area contributed by atoms with Gasteiger partial charge in [-0.1, -0.05) is 28.1 Å². The van der Waals surface area contributed by atoms with Crippen molar-refractivity contribution in [2.75, 3.05) is 19.4 Å². The average Bonchev–Trinajstić information content (AvgIpc) is 2.49. The fourth-order valence-electron chi connectivity index (χ4n) is 1.80. The van der Waals surface area contributed by atoms with Crippen molar-refractivity contribution in [2.24, 2.45) is 0 Å². The highest BCUT2D eigenvalue weighted by Crippen LogP contribution is 2.13. The number of carbonyl (C=O) groups is 1. The van der Waals surface area contributed by atoms with Crippen LogP contribution >= 0.6 is 15.9 Å². The third kappa shape index (κ3) is 3.57. The molecule has 0 saturated carbocycles. The smallest absolute Gasteiger partial charge is 0.272 e. The third-order valence-corrected chi connectivity index (χ3v) is 3.48. The molecule has 0 saturated heterocycles. The molecule has 0 bridgehead atoms. The van der Waals surface area contributed by atoms with Gasteiger partial charge in [0.15, 0.2) is 0 Å². The maximum Gasteiger partial charge on any atom is 0.272 e. The number of aromatic nitrogens is 1. The average molecular weight is 334 g/mol. The number of rotatable bonds is 4. The van der Waals surface area contributed by atoms with Crippen LogP contribution in [0.3, 0.4) is 0 Å². The number of nitrogens with zero attached hydrogens (tertiary/aromatic N) is 2. The minimum atomic E-state index is -0.0874. The molecule has 0 atom stereocenters. The lowest BCUT2D eigenvalue weighted by Crippen LogP contribution is -2.26. The molecule has 20 heavy (non-hydrogen) atoms. The summed E-state index contributed by atoms with van der Waals surface area (Å²) in [4.78, 5) is 18.1. The van der Waals surface area contributed by atoms with E-state index in [0.29, 0.717) is 12.2 Å². The Balaban J connectivity index is 2.05. The van der Waals surface area contributed by atoms with Gasteiger partial charge in [0, 0.05) is 25.1 Å². The van der Waals surface area contributed by atoms with Crippen LogP contribution in [0.5, 0.6) is 0 Å². The molecule has 1 N–H and O–H groups in total. The van der Waals surface area contributed by atoms with E-state index in [4.69, 9.17) is 0 Å². The van der Waals surface area contributed by atoms with Crippen molar-refractivity contribution in [3.63, 3.8) is 0 Å². The number of pyridine rings is 1. The predicted molar refractivity (Wildman–Crippen MR) is 83.7 cm³/mol. The zero-order valence-electron chi connectivity index (χ0n) is 11.4. The number of hydrogen-bond donors (Lipinski definition) is 1. The number of hydrogen-bond acceptors (Lipinski definition) is 3. The number of nitrogens with one attached hydrogen (secondary N) is 1.